The van der Waals surface area contributed by atoms with Crippen molar-refractivity contribution in [3.8, 4) is 11.5 Å². The Morgan fingerprint density at radius 2 is 1.87 bits per heavy atom. The molecular formula is C31H34BIO6. The largest absolute Gasteiger partial charge is 0.504 e. The molecule has 3 aliphatic rings. The van der Waals surface area contributed by atoms with Gasteiger partial charge in [-0.15, -0.1) is 0 Å². The number of hydrogen-bond acceptors (Lipinski definition) is 6. The highest BCUT2D eigenvalue weighted by Crippen LogP contribution is 2.52. The number of rotatable bonds is 6. The molecule has 2 aliphatic carbocycles. The second kappa shape index (κ2) is 11.2. The van der Waals surface area contributed by atoms with E-state index in [0.717, 1.165) is 23.1 Å². The third-order valence-electron chi connectivity index (χ3n) is 8.48. The van der Waals surface area contributed by atoms with Gasteiger partial charge in [-0.3, -0.25) is 9.59 Å². The molecule has 0 saturated carbocycles. The number of methoxy groups -OCH3 is 1. The SMILES string of the molecule is COc1cc(/C=C(\C)CC[C@H]2OB(O)C[C@H]3C2=C(C(C)C)C[C@H]2C(=O)c4ccccc4C(=O)[C@H]23)cc(I)c1O. The first kappa shape index (κ1) is 28.1. The highest BCUT2D eigenvalue weighted by molar-refractivity contribution is 14.1. The van der Waals surface area contributed by atoms with Crippen LogP contribution in [-0.2, 0) is 4.65 Å². The molecule has 0 aromatic heterocycles. The smallest absolute Gasteiger partial charge is 0.455 e. The van der Waals surface area contributed by atoms with E-state index < -0.39 is 19.0 Å². The maximum Gasteiger partial charge on any atom is 0.455 e. The number of Topliss-reactive ketones (excluding diaryl/α,β-unsaturated/α-hetero) is 2. The van der Waals surface area contributed by atoms with Crippen molar-refractivity contribution in [2.24, 2.45) is 23.7 Å². The highest BCUT2D eigenvalue weighted by atomic mass is 127. The third kappa shape index (κ3) is 5.23. The van der Waals surface area contributed by atoms with Gasteiger partial charge in [-0.1, -0.05) is 55.3 Å². The Kier molecular flexibility index (Phi) is 8.09. The maximum atomic E-state index is 13.8. The molecule has 0 unspecified atom stereocenters. The summed E-state index contributed by atoms with van der Waals surface area (Å²) in [6.45, 7) is 6.32. The van der Waals surface area contributed by atoms with Gasteiger partial charge in [0, 0.05) is 23.0 Å². The first-order valence-electron chi connectivity index (χ1n) is 13.6. The Morgan fingerprint density at radius 1 is 1.18 bits per heavy atom. The number of ketones is 2. The van der Waals surface area contributed by atoms with Crippen LogP contribution in [0.3, 0.4) is 0 Å². The van der Waals surface area contributed by atoms with Crippen LogP contribution in [0.2, 0.25) is 6.32 Å². The highest BCUT2D eigenvalue weighted by Gasteiger charge is 2.53. The monoisotopic (exact) mass is 640 g/mol. The predicted octanol–water partition coefficient (Wildman–Crippen LogP) is 6.35. The van der Waals surface area contributed by atoms with Gasteiger partial charge >= 0.3 is 7.12 Å². The van der Waals surface area contributed by atoms with Crippen molar-refractivity contribution in [3.63, 3.8) is 0 Å². The maximum absolute atomic E-state index is 13.8. The fraction of sp³-hybridized carbons (Fsp3) is 0.419. The van der Waals surface area contributed by atoms with Crippen molar-refractivity contribution in [1.29, 1.82) is 0 Å². The number of halogens is 1. The molecule has 204 valence electrons. The first-order chi connectivity index (χ1) is 18.6. The number of allylic oxidation sites excluding steroid dienone is 2. The summed E-state index contributed by atoms with van der Waals surface area (Å²) in [5, 5.41) is 21.0. The quantitative estimate of drug-likeness (QED) is 0.217. The number of fused-ring (bicyclic) bond motifs is 4. The van der Waals surface area contributed by atoms with Crippen LogP contribution < -0.4 is 4.74 Å². The van der Waals surface area contributed by atoms with Gasteiger partial charge in [-0.2, -0.15) is 0 Å². The van der Waals surface area contributed by atoms with Crippen LogP contribution in [0.15, 0.2) is 53.1 Å². The van der Waals surface area contributed by atoms with Crippen LogP contribution in [0.25, 0.3) is 6.08 Å². The molecule has 2 aromatic carbocycles. The van der Waals surface area contributed by atoms with E-state index in [0.29, 0.717) is 39.6 Å². The summed E-state index contributed by atoms with van der Waals surface area (Å²) >= 11 is 2.09. The fourth-order valence-corrected chi connectivity index (χ4v) is 7.33. The molecule has 39 heavy (non-hydrogen) atoms. The lowest BCUT2D eigenvalue weighted by Gasteiger charge is -2.48. The lowest BCUT2D eigenvalue weighted by molar-refractivity contribution is 0.0593. The molecule has 4 atom stereocenters. The Morgan fingerprint density at radius 3 is 2.54 bits per heavy atom. The molecule has 6 nitrogen and oxygen atoms in total. The van der Waals surface area contributed by atoms with Gasteiger partial charge in [0.25, 0.3) is 0 Å². The van der Waals surface area contributed by atoms with Crippen molar-refractivity contribution in [2.45, 2.75) is 52.5 Å². The van der Waals surface area contributed by atoms with Gasteiger partial charge in [0.05, 0.1) is 16.8 Å². The summed E-state index contributed by atoms with van der Waals surface area (Å²) in [5.41, 5.74) is 5.40. The van der Waals surface area contributed by atoms with Gasteiger partial charge in [-0.25, -0.2) is 0 Å². The molecule has 1 saturated heterocycles. The van der Waals surface area contributed by atoms with Crippen molar-refractivity contribution >= 4 is 47.4 Å². The van der Waals surface area contributed by atoms with Crippen molar-refractivity contribution in [1.82, 2.24) is 0 Å². The van der Waals surface area contributed by atoms with E-state index in [-0.39, 0.29) is 35.3 Å². The second-order valence-corrected chi connectivity index (χ2v) is 12.4. The number of ether oxygens (including phenoxy) is 1. The Bertz CT molecular complexity index is 1380. The van der Waals surface area contributed by atoms with E-state index in [1.807, 2.05) is 24.3 Å². The molecular weight excluding hydrogens is 606 g/mol. The molecule has 0 amide bonds. The average Bonchev–Trinajstić information content (AvgIpc) is 2.91. The van der Waals surface area contributed by atoms with Crippen molar-refractivity contribution in [2.75, 3.05) is 7.11 Å². The fourth-order valence-electron chi connectivity index (χ4n) is 6.70. The lowest BCUT2D eigenvalue weighted by Crippen LogP contribution is -2.51. The molecule has 1 heterocycles. The Hall–Kier alpha value is -2.43. The standard InChI is InChI=1S/C31H34BIO6/c1-16(2)21-14-22-28(30(35)20-8-6-5-7-19(20)29(22)34)23-15-32(37)39-25(27(21)23)10-9-17(3)11-18-12-24(33)31(36)26(13-18)38-4/h5-8,11-13,16,22-23,25,28,36-37H,9-10,14-15H2,1-4H3/b17-11+/t22-,23+,25-,28-/m1/s1. The molecule has 1 aliphatic heterocycles. The number of benzene rings is 2. The number of carbonyl (C=O) groups is 2. The van der Waals surface area contributed by atoms with E-state index in [4.69, 9.17) is 9.39 Å². The number of carbonyl (C=O) groups excluding carboxylic acids is 2. The number of aromatic hydroxyl groups is 1. The topological polar surface area (TPSA) is 93.1 Å². The van der Waals surface area contributed by atoms with Crippen molar-refractivity contribution in [3.05, 3.63) is 73.4 Å². The molecule has 2 aromatic rings. The van der Waals surface area contributed by atoms with Crippen LogP contribution in [0.5, 0.6) is 11.5 Å². The molecule has 1 fully saturated rings. The summed E-state index contributed by atoms with van der Waals surface area (Å²) < 4.78 is 12.2. The van der Waals surface area contributed by atoms with Gasteiger partial charge in [0.1, 0.15) is 0 Å². The molecule has 0 bridgehead atoms. The number of phenols is 1. The summed E-state index contributed by atoms with van der Waals surface area (Å²) in [7, 11) is 0.550. The normalized spacial score (nSPS) is 25.0. The minimum atomic E-state index is -0.983. The molecule has 2 N–H and O–H groups in total. The zero-order valence-electron chi connectivity index (χ0n) is 22.7. The average molecular weight is 640 g/mol. The van der Waals surface area contributed by atoms with Gasteiger partial charge in [-0.05, 0) is 90.2 Å². The first-order valence-corrected chi connectivity index (χ1v) is 14.7. The Labute approximate surface area is 243 Å². The summed E-state index contributed by atoms with van der Waals surface area (Å²) in [6, 6.07) is 10.9. The van der Waals surface area contributed by atoms with Crippen LogP contribution in [0.1, 0.15) is 66.3 Å². The van der Waals surface area contributed by atoms with Gasteiger partial charge < -0.3 is 19.5 Å². The van der Waals surface area contributed by atoms with Crippen LogP contribution in [-0.4, -0.2) is 42.0 Å². The van der Waals surface area contributed by atoms with Gasteiger partial charge in [0.2, 0.25) is 0 Å². The third-order valence-corrected chi connectivity index (χ3v) is 9.30. The van der Waals surface area contributed by atoms with Crippen LogP contribution in [0, 0.1) is 27.2 Å². The van der Waals surface area contributed by atoms with E-state index in [2.05, 4.69) is 49.4 Å². The van der Waals surface area contributed by atoms with Crippen molar-refractivity contribution < 1.29 is 29.1 Å². The van der Waals surface area contributed by atoms with Gasteiger partial charge in [0.15, 0.2) is 23.1 Å². The summed E-state index contributed by atoms with van der Waals surface area (Å²) in [5.74, 6) is -0.250. The van der Waals surface area contributed by atoms with E-state index >= 15 is 0 Å². The van der Waals surface area contributed by atoms with E-state index in [9.17, 15) is 19.7 Å². The molecule has 0 radical (unpaired) electrons. The van der Waals surface area contributed by atoms with Crippen LogP contribution in [0.4, 0.5) is 0 Å². The Balaban J connectivity index is 1.45. The lowest BCUT2D eigenvalue weighted by atomic mass is 9.53. The zero-order chi connectivity index (χ0) is 28.0. The molecule has 5 rings (SSSR count). The summed E-state index contributed by atoms with van der Waals surface area (Å²) in [6.07, 6.45) is 4.01. The predicted molar refractivity (Wildman–Crippen MR) is 160 cm³/mol. The zero-order valence-corrected chi connectivity index (χ0v) is 24.9. The molecule has 8 heteroatoms. The van der Waals surface area contributed by atoms with E-state index in [1.54, 1.807) is 12.1 Å². The molecule has 0 spiro atoms. The number of phenolic OH excluding ortho intramolecular Hbond substituents is 1. The second-order valence-electron chi connectivity index (χ2n) is 11.3. The summed E-state index contributed by atoms with van der Waals surface area (Å²) in [4.78, 5) is 27.4. The number of hydrogen-bond donors (Lipinski definition) is 2. The van der Waals surface area contributed by atoms with Crippen LogP contribution >= 0.6 is 22.6 Å². The van der Waals surface area contributed by atoms with E-state index in [1.165, 1.54) is 12.7 Å². The minimum Gasteiger partial charge on any atom is -0.504 e. The minimum absolute atomic E-state index is 0.0142.